The number of hydrogen-bond donors (Lipinski definition) is 0. The van der Waals surface area contributed by atoms with Crippen LogP contribution in [0.1, 0.15) is 48.8 Å². The molecule has 0 saturated carbocycles. The molecular weight excluding hydrogens is 356 g/mol. The lowest BCUT2D eigenvalue weighted by atomic mass is 10.0. The van der Waals surface area contributed by atoms with Gasteiger partial charge in [-0.05, 0) is 63.8 Å². The van der Waals surface area contributed by atoms with Crippen molar-refractivity contribution in [3.63, 3.8) is 0 Å². The summed E-state index contributed by atoms with van der Waals surface area (Å²) >= 11 is 0. The van der Waals surface area contributed by atoms with E-state index >= 15 is 0 Å². The number of methoxy groups -OCH3 is 1. The molecule has 1 amide bonds. The van der Waals surface area contributed by atoms with E-state index in [4.69, 9.17) is 14.0 Å². The van der Waals surface area contributed by atoms with E-state index in [1.54, 1.807) is 13.2 Å². The molecule has 1 aromatic carbocycles. The predicted molar refractivity (Wildman–Crippen MR) is 107 cm³/mol. The third-order valence-corrected chi connectivity index (χ3v) is 5.25. The number of amides is 1. The molecule has 6 nitrogen and oxygen atoms in total. The molecule has 28 heavy (non-hydrogen) atoms. The van der Waals surface area contributed by atoms with Gasteiger partial charge in [-0.2, -0.15) is 0 Å². The number of hydrogen-bond acceptors (Lipinski definition) is 5. The fourth-order valence-electron chi connectivity index (χ4n) is 3.45. The zero-order valence-electron chi connectivity index (χ0n) is 17.0. The molecule has 3 rings (SSSR count). The van der Waals surface area contributed by atoms with Crippen molar-refractivity contribution in [1.82, 2.24) is 10.1 Å². The standard InChI is InChI=1S/C22H28N2O4/c1-15-7-5-6-12-24(15)22(25)11-9-18-8-10-20(21(13-18)26-4)27-14-19-16(2)23-28-17(19)3/h8-11,13,15H,5-7,12,14H2,1-4H3. The molecule has 0 radical (unpaired) electrons. The number of aromatic nitrogens is 1. The number of ether oxygens (including phenoxy) is 2. The Morgan fingerprint density at radius 1 is 1.32 bits per heavy atom. The average Bonchev–Trinajstić information content (AvgIpc) is 3.02. The van der Waals surface area contributed by atoms with Gasteiger partial charge in [-0.25, -0.2) is 0 Å². The van der Waals surface area contributed by atoms with Crippen LogP contribution in [-0.4, -0.2) is 35.7 Å². The highest BCUT2D eigenvalue weighted by atomic mass is 16.5. The minimum atomic E-state index is 0.0601. The van der Waals surface area contributed by atoms with Crippen LogP contribution in [0, 0.1) is 13.8 Å². The minimum absolute atomic E-state index is 0.0601. The van der Waals surface area contributed by atoms with Crippen molar-refractivity contribution in [1.29, 1.82) is 0 Å². The number of rotatable bonds is 6. The third-order valence-electron chi connectivity index (χ3n) is 5.25. The summed E-state index contributed by atoms with van der Waals surface area (Å²) in [5, 5.41) is 3.94. The van der Waals surface area contributed by atoms with Gasteiger partial charge in [0.2, 0.25) is 5.91 Å². The predicted octanol–water partition coefficient (Wildman–Crippen LogP) is 4.29. The summed E-state index contributed by atoms with van der Waals surface area (Å²) in [5.74, 6) is 2.06. The third kappa shape index (κ3) is 4.55. The number of benzene rings is 1. The first kappa shape index (κ1) is 20.0. The van der Waals surface area contributed by atoms with Crippen LogP contribution in [0.15, 0.2) is 28.8 Å². The van der Waals surface area contributed by atoms with Crippen molar-refractivity contribution in [2.24, 2.45) is 0 Å². The van der Waals surface area contributed by atoms with E-state index in [2.05, 4.69) is 12.1 Å². The fourth-order valence-corrected chi connectivity index (χ4v) is 3.45. The topological polar surface area (TPSA) is 64.8 Å². The maximum absolute atomic E-state index is 12.5. The fraction of sp³-hybridized carbons (Fsp3) is 0.455. The highest BCUT2D eigenvalue weighted by molar-refractivity contribution is 5.92. The number of carbonyl (C=O) groups is 1. The van der Waals surface area contributed by atoms with Crippen LogP contribution in [0.25, 0.3) is 6.08 Å². The summed E-state index contributed by atoms with van der Waals surface area (Å²) in [5.41, 5.74) is 2.65. The second-order valence-corrected chi connectivity index (χ2v) is 7.21. The normalized spacial score (nSPS) is 17.1. The van der Waals surface area contributed by atoms with Crippen molar-refractivity contribution in [3.05, 3.63) is 46.9 Å². The van der Waals surface area contributed by atoms with Crippen molar-refractivity contribution in [2.45, 2.75) is 52.7 Å². The van der Waals surface area contributed by atoms with Gasteiger partial charge >= 0.3 is 0 Å². The highest BCUT2D eigenvalue weighted by Crippen LogP contribution is 2.30. The van der Waals surface area contributed by atoms with Gasteiger partial charge in [-0.3, -0.25) is 4.79 Å². The maximum atomic E-state index is 12.5. The van der Waals surface area contributed by atoms with Gasteiger partial charge in [0, 0.05) is 18.7 Å². The Labute approximate surface area is 166 Å². The van der Waals surface area contributed by atoms with Crippen molar-refractivity contribution >= 4 is 12.0 Å². The quantitative estimate of drug-likeness (QED) is 0.695. The molecular formula is C22H28N2O4. The van der Waals surface area contributed by atoms with E-state index < -0.39 is 0 Å². The SMILES string of the molecule is COc1cc(C=CC(=O)N2CCCCC2C)ccc1OCc1c(C)noc1C. The number of carbonyl (C=O) groups excluding carboxylic acids is 1. The van der Waals surface area contributed by atoms with Crippen LogP contribution in [0.5, 0.6) is 11.5 Å². The first-order valence-electron chi connectivity index (χ1n) is 9.71. The van der Waals surface area contributed by atoms with Gasteiger partial charge < -0.3 is 18.9 Å². The maximum Gasteiger partial charge on any atom is 0.246 e. The van der Waals surface area contributed by atoms with E-state index in [9.17, 15) is 4.79 Å². The summed E-state index contributed by atoms with van der Waals surface area (Å²) in [6.07, 6.45) is 6.81. The zero-order valence-corrected chi connectivity index (χ0v) is 17.0. The Balaban J connectivity index is 1.67. The molecule has 150 valence electrons. The summed E-state index contributed by atoms with van der Waals surface area (Å²) in [6.45, 7) is 7.06. The molecule has 1 saturated heterocycles. The summed E-state index contributed by atoms with van der Waals surface area (Å²) in [7, 11) is 1.60. The Bertz CT molecular complexity index is 837. The van der Waals surface area contributed by atoms with Gasteiger partial charge in [0.05, 0.1) is 18.4 Å². The monoisotopic (exact) mass is 384 g/mol. The molecule has 0 aliphatic carbocycles. The van der Waals surface area contributed by atoms with Crippen molar-refractivity contribution in [3.8, 4) is 11.5 Å². The van der Waals surface area contributed by atoms with E-state index in [0.29, 0.717) is 24.1 Å². The van der Waals surface area contributed by atoms with E-state index in [-0.39, 0.29) is 5.91 Å². The van der Waals surface area contributed by atoms with E-state index in [1.807, 2.05) is 43.0 Å². The summed E-state index contributed by atoms with van der Waals surface area (Å²) in [4.78, 5) is 14.4. The lowest BCUT2D eigenvalue weighted by Gasteiger charge is -2.32. The molecule has 1 unspecified atom stereocenters. The Morgan fingerprint density at radius 3 is 2.82 bits per heavy atom. The number of piperidine rings is 1. The Hall–Kier alpha value is -2.76. The first-order valence-corrected chi connectivity index (χ1v) is 9.71. The Morgan fingerprint density at radius 2 is 2.14 bits per heavy atom. The molecule has 0 spiro atoms. The van der Waals surface area contributed by atoms with Crippen molar-refractivity contribution in [2.75, 3.05) is 13.7 Å². The molecule has 0 bridgehead atoms. The van der Waals surface area contributed by atoms with Crippen molar-refractivity contribution < 1.29 is 18.8 Å². The molecule has 1 fully saturated rings. The first-order chi connectivity index (χ1) is 13.5. The smallest absolute Gasteiger partial charge is 0.246 e. The lowest BCUT2D eigenvalue weighted by molar-refractivity contribution is -0.129. The molecule has 1 aromatic heterocycles. The second-order valence-electron chi connectivity index (χ2n) is 7.21. The molecule has 1 aliphatic heterocycles. The van der Waals surface area contributed by atoms with Gasteiger partial charge in [-0.15, -0.1) is 0 Å². The van der Waals surface area contributed by atoms with Gasteiger partial charge in [0.25, 0.3) is 0 Å². The molecule has 0 N–H and O–H groups in total. The number of aryl methyl sites for hydroxylation is 2. The van der Waals surface area contributed by atoms with Crippen LogP contribution in [0.2, 0.25) is 0 Å². The molecule has 1 aliphatic rings. The lowest BCUT2D eigenvalue weighted by Crippen LogP contribution is -2.41. The minimum Gasteiger partial charge on any atom is -0.493 e. The summed E-state index contributed by atoms with van der Waals surface area (Å²) in [6, 6.07) is 5.94. The zero-order chi connectivity index (χ0) is 20.1. The van der Waals surface area contributed by atoms with Crippen LogP contribution in [0.4, 0.5) is 0 Å². The van der Waals surface area contributed by atoms with Crippen LogP contribution < -0.4 is 9.47 Å². The number of nitrogens with zero attached hydrogens (tertiary/aromatic N) is 2. The Kier molecular flexibility index (Phi) is 6.39. The van der Waals surface area contributed by atoms with Gasteiger partial charge in [-0.1, -0.05) is 11.2 Å². The molecule has 1 atom stereocenters. The van der Waals surface area contributed by atoms with Gasteiger partial charge in [0.15, 0.2) is 11.5 Å². The largest absolute Gasteiger partial charge is 0.493 e. The second kappa shape index (κ2) is 8.95. The molecule has 2 heterocycles. The highest BCUT2D eigenvalue weighted by Gasteiger charge is 2.21. The van der Waals surface area contributed by atoms with E-state index in [0.717, 1.165) is 42.0 Å². The molecule has 6 heteroatoms. The molecule has 2 aromatic rings. The average molecular weight is 384 g/mol. The number of likely N-dealkylation sites (tertiary alicyclic amines) is 1. The van der Waals surface area contributed by atoms with Crippen LogP contribution in [-0.2, 0) is 11.4 Å². The van der Waals surface area contributed by atoms with Crippen LogP contribution >= 0.6 is 0 Å². The van der Waals surface area contributed by atoms with E-state index in [1.165, 1.54) is 6.42 Å². The van der Waals surface area contributed by atoms with Gasteiger partial charge in [0.1, 0.15) is 12.4 Å². The summed E-state index contributed by atoms with van der Waals surface area (Å²) < 4.78 is 16.5. The van der Waals surface area contributed by atoms with Crippen LogP contribution in [0.3, 0.4) is 0 Å².